The molecule has 0 aromatic heterocycles. The van der Waals surface area contributed by atoms with E-state index in [1.54, 1.807) is 0 Å². The molecule has 1 N–H and O–H groups in total. The topological polar surface area (TPSA) is 24.5 Å². The van der Waals surface area contributed by atoms with E-state index < -0.39 is 0 Å². The minimum atomic E-state index is 0.0819. The third kappa shape index (κ3) is 4.10. The lowest BCUT2D eigenvalue weighted by Gasteiger charge is -2.44. The van der Waals surface area contributed by atoms with Gasteiger partial charge >= 0.3 is 0 Å². The summed E-state index contributed by atoms with van der Waals surface area (Å²) in [7, 11) is 0. The molecule has 3 aliphatic rings. The molecule has 5 heteroatoms. The van der Waals surface area contributed by atoms with E-state index in [1.807, 2.05) is 11.8 Å². The Morgan fingerprint density at radius 2 is 1.26 bits per heavy atom. The molecule has 3 heterocycles. The van der Waals surface area contributed by atoms with Crippen molar-refractivity contribution in [3.8, 4) is 33.8 Å². The van der Waals surface area contributed by atoms with Crippen LogP contribution in [-0.2, 0) is 0 Å². The molecule has 0 fully saturated rings. The molecule has 0 radical (unpaired) electrons. The maximum absolute atomic E-state index is 6.86. The van der Waals surface area contributed by atoms with Crippen LogP contribution in [0.4, 0.5) is 28.4 Å². The van der Waals surface area contributed by atoms with Crippen molar-refractivity contribution in [1.29, 1.82) is 0 Å². The van der Waals surface area contributed by atoms with Crippen molar-refractivity contribution in [2.45, 2.75) is 9.79 Å². The summed E-state index contributed by atoms with van der Waals surface area (Å²) in [5, 5.41) is 3.79. The van der Waals surface area contributed by atoms with Crippen LogP contribution in [0.2, 0.25) is 0 Å². The third-order valence-corrected chi connectivity index (χ3v) is 10.7. The van der Waals surface area contributed by atoms with Crippen molar-refractivity contribution in [2.24, 2.45) is 0 Å². The molecule has 220 valence electrons. The Morgan fingerprint density at radius 1 is 0.553 bits per heavy atom. The second-order valence-electron chi connectivity index (χ2n) is 12.2. The quantitative estimate of drug-likeness (QED) is 0.199. The maximum Gasteiger partial charge on any atom is 0.256 e. The van der Waals surface area contributed by atoms with E-state index in [0.29, 0.717) is 0 Å². The van der Waals surface area contributed by atoms with Crippen LogP contribution in [0.1, 0.15) is 0 Å². The fraction of sp³-hybridized carbons (Fsp3) is 0. The third-order valence-electron chi connectivity index (χ3n) is 9.49. The van der Waals surface area contributed by atoms with E-state index in [9.17, 15) is 0 Å². The predicted octanol–water partition coefficient (Wildman–Crippen LogP) is 9.63. The molecule has 0 bridgehead atoms. The number of anilines is 5. The van der Waals surface area contributed by atoms with Gasteiger partial charge in [-0.3, -0.25) is 0 Å². The number of hydrogen-bond acceptors (Lipinski definition) is 4. The van der Waals surface area contributed by atoms with Gasteiger partial charge in [0.15, 0.2) is 0 Å². The number of nitrogens with one attached hydrogen (secondary N) is 1. The number of para-hydroxylation sites is 4. The Morgan fingerprint density at radius 3 is 2.11 bits per heavy atom. The molecule has 0 atom stereocenters. The normalized spacial score (nSPS) is 13.1. The smallest absolute Gasteiger partial charge is 0.256 e. The van der Waals surface area contributed by atoms with Crippen molar-refractivity contribution in [3.05, 3.63) is 158 Å². The van der Waals surface area contributed by atoms with Crippen LogP contribution in [0.5, 0.6) is 11.5 Å². The first-order chi connectivity index (χ1) is 23.3. The number of ether oxygens (including phenoxy) is 1. The van der Waals surface area contributed by atoms with Gasteiger partial charge in [0.25, 0.3) is 6.71 Å². The number of benzene rings is 7. The highest BCUT2D eigenvalue weighted by Crippen LogP contribution is 2.57. The molecule has 10 rings (SSSR count). The molecule has 0 saturated carbocycles. The van der Waals surface area contributed by atoms with Gasteiger partial charge in [-0.05, 0) is 76.0 Å². The van der Waals surface area contributed by atoms with Gasteiger partial charge in [0.2, 0.25) is 0 Å². The van der Waals surface area contributed by atoms with E-state index in [1.165, 1.54) is 54.4 Å². The largest absolute Gasteiger partial charge is 0.458 e. The highest BCUT2D eigenvalue weighted by Gasteiger charge is 2.45. The first-order valence-corrected chi connectivity index (χ1v) is 16.8. The number of fused-ring (bicyclic) bond motifs is 7. The Labute approximate surface area is 278 Å². The SMILES string of the molecule is c1ccc(Nc2cc(-c3ccccc3)ccc2-c2cc3c4c5c2Sc2ccccc2N5c2ccccc2B4c2ccccc2O3)cc1. The lowest BCUT2D eigenvalue weighted by Crippen LogP contribution is -2.59. The maximum atomic E-state index is 6.86. The molecule has 3 aliphatic heterocycles. The van der Waals surface area contributed by atoms with E-state index in [0.717, 1.165) is 34.0 Å². The van der Waals surface area contributed by atoms with Crippen LogP contribution in [0.15, 0.2) is 168 Å². The van der Waals surface area contributed by atoms with Crippen LogP contribution in [0.25, 0.3) is 22.3 Å². The van der Waals surface area contributed by atoms with Crippen LogP contribution >= 0.6 is 11.8 Å². The Bertz CT molecular complexity index is 2360. The van der Waals surface area contributed by atoms with E-state index >= 15 is 0 Å². The Balaban J connectivity index is 1.27. The molecule has 0 aliphatic carbocycles. The van der Waals surface area contributed by atoms with Crippen LogP contribution in [0.3, 0.4) is 0 Å². The van der Waals surface area contributed by atoms with Gasteiger partial charge in [0, 0.05) is 38.0 Å². The minimum absolute atomic E-state index is 0.0819. The second kappa shape index (κ2) is 10.4. The molecule has 0 unspecified atom stereocenters. The summed E-state index contributed by atoms with van der Waals surface area (Å²) >= 11 is 1.86. The predicted molar refractivity (Wildman–Crippen MR) is 197 cm³/mol. The molecule has 0 amide bonds. The van der Waals surface area contributed by atoms with E-state index in [-0.39, 0.29) is 6.71 Å². The highest BCUT2D eigenvalue weighted by molar-refractivity contribution is 8.00. The molecule has 0 spiro atoms. The van der Waals surface area contributed by atoms with Crippen molar-refractivity contribution in [1.82, 2.24) is 0 Å². The summed E-state index contributed by atoms with van der Waals surface area (Å²) in [6.45, 7) is 0.0819. The summed E-state index contributed by atoms with van der Waals surface area (Å²) in [5.41, 5.74) is 14.1. The molecule has 7 aromatic carbocycles. The molecular weight excluding hydrogens is 591 g/mol. The van der Waals surface area contributed by atoms with Crippen LogP contribution in [-0.4, -0.2) is 6.71 Å². The van der Waals surface area contributed by atoms with Gasteiger partial charge in [-0.25, -0.2) is 0 Å². The fourth-order valence-electron chi connectivity index (χ4n) is 7.45. The zero-order chi connectivity index (χ0) is 30.9. The van der Waals surface area contributed by atoms with Crippen molar-refractivity contribution >= 4 is 63.3 Å². The number of nitrogens with zero attached hydrogens (tertiary/aromatic N) is 1. The summed E-state index contributed by atoms with van der Waals surface area (Å²) in [5.74, 6) is 1.84. The number of rotatable bonds is 4. The van der Waals surface area contributed by atoms with Gasteiger partial charge in [-0.2, -0.15) is 0 Å². The summed E-state index contributed by atoms with van der Waals surface area (Å²) in [6, 6.07) is 56.3. The molecule has 3 nitrogen and oxygen atoms in total. The Hall–Kier alpha value is -5.65. The van der Waals surface area contributed by atoms with Gasteiger partial charge in [0.05, 0.1) is 11.4 Å². The molecular formula is C42H27BN2OS. The zero-order valence-electron chi connectivity index (χ0n) is 25.4. The standard InChI is InChI=1S/C42H27BN2OS/c1-3-13-27(14-4-1)28-23-24-30(34(25-28)44-29-15-5-2-6-16-29)31-26-38-40-41-42(31)47-39-22-12-10-20-36(39)45(41)35-19-9-7-17-32(35)43(40)33-18-8-11-21-37(33)46-38/h1-26,44H. The lowest BCUT2D eigenvalue weighted by atomic mass is 9.34. The first kappa shape index (κ1) is 26.6. The zero-order valence-corrected chi connectivity index (χ0v) is 26.2. The Kier molecular flexibility index (Phi) is 5.90. The first-order valence-electron chi connectivity index (χ1n) is 16.0. The van der Waals surface area contributed by atoms with Crippen LogP contribution in [0, 0.1) is 0 Å². The second-order valence-corrected chi connectivity index (χ2v) is 13.2. The summed E-state index contributed by atoms with van der Waals surface area (Å²) in [4.78, 5) is 4.97. The van der Waals surface area contributed by atoms with Gasteiger partial charge in [0.1, 0.15) is 11.5 Å². The summed E-state index contributed by atoms with van der Waals surface area (Å²) in [6.07, 6.45) is 0. The number of hydrogen-bond donors (Lipinski definition) is 1. The summed E-state index contributed by atoms with van der Waals surface area (Å²) < 4.78 is 6.86. The fourth-order valence-corrected chi connectivity index (χ4v) is 8.66. The monoisotopic (exact) mass is 618 g/mol. The molecule has 7 aromatic rings. The average Bonchev–Trinajstić information content (AvgIpc) is 3.14. The van der Waals surface area contributed by atoms with E-state index in [2.05, 4.69) is 168 Å². The molecule has 0 saturated heterocycles. The van der Waals surface area contributed by atoms with Crippen molar-refractivity contribution in [2.75, 3.05) is 10.2 Å². The molecule has 47 heavy (non-hydrogen) atoms. The van der Waals surface area contributed by atoms with E-state index in [4.69, 9.17) is 4.74 Å². The average molecular weight is 619 g/mol. The minimum Gasteiger partial charge on any atom is -0.458 e. The lowest BCUT2D eigenvalue weighted by molar-refractivity contribution is 0.487. The van der Waals surface area contributed by atoms with Gasteiger partial charge < -0.3 is 15.0 Å². The van der Waals surface area contributed by atoms with Crippen molar-refractivity contribution < 1.29 is 4.74 Å². The van der Waals surface area contributed by atoms with Crippen molar-refractivity contribution in [3.63, 3.8) is 0 Å². The highest BCUT2D eigenvalue weighted by atomic mass is 32.2. The van der Waals surface area contributed by atoms with Gasteiger partial charge in [-0.15, -0.1) is 0 Å². The van der Waals surface area contributed by atoms with Gasteiger partial charge in [-0.1, -0.05) is 121 Å². The van der Waals surface area contributed by atoms with Crippen LogP contribution < -0.4 is 31.3 Å².